The predicted octanol–water partition coefficient (Wildman–Crippen LogP) is 4.48. The minimum absolute atomic E-state index is 0.201. The van der Waals surface area contributed by atoms with Gasteiger partial charge in [-0.05, 0) is 31.9 Å². The van der Waals surface area contributed by atoms with E-state index >= 15 is 0 Å². The molecule has 0 aliphatic heterocycles. The van der Waals surface area contributed by atoms with Crippen LogP contribution in [0.4, 0.5) is 0 Å². The molecule has 0 atom stereocenters. The lowest BCUT2D eigenvalue weighted by Gasteiger charge is -1.93. The molecule has 0 aromatic carbocycles. The van der Waals surface area contributed by atoms with Gasteiger partial charge in [-0.1, -0.05) is 72.3 Å². The van der Waals surface area contributed by atoms with Crippen molar-refractivity contribution in [2.24, 2.45) is 11.8 Å². The fraction of sp³-hybridized carbons (Fsp3) is 0.125. The highest BCUT2D eigenvalue weighted by Gasteiger charge is 2.00. The van der Waals surface area contributed by atoms with Crippen LogP contribution in [0.3, 0.4) is 0 Å². The molecule has 88 valence electrons. The second kappa shape index (κ2) is 6.64. The summed E-state index contributed by atoms with van der Waals surface area (Å²) in [6, 6.07) is 0. The van der Waals surface area contributed by atoms with Gasteiger partial charge in [-0.25, -0.2) is 0 Å². The average molecular weight is 362 g/mol. The summed E-state index contributed by atoms with van der Waals surface area (Å²) < 4.78 is 0.798. The van der Waals surface area contributed by atoms with E-state index in [4.69, 9.17) is 0 Å². The Morgan fingerprint density at radius 2 is 1.11 bits per heavy atom. The van der Waals surface area contributed by atoms with Crippen LogP contribution < -0.4 is 0 Å². The Bertz CT molecular complexity index is 516. The van der Waals surface area contributed by atoms with Crippen LogP contribution in [0, 0.1) is 35.5 Å². The number of rotatable bonds is 0. The maximum atomic E-state index is 3.38. The predicted molar refractivity (Wildman–Crippen MR) is 84.0 cm³/mol. The second-order valence-electron chi connectivity index (χ2n) is 3.77. The van der Waals surface area contributed by atoms with Gasteiger partial charge in [-0.3, -0.25) is 0 Å². The van der Waals surface area contributed by atoms with Crippen molar-refractivity contribution in [3.63, 3.8) is 0 Å². The highest BCUT2D eigenvalue weighted by atomic mass is 79.9. The van der Waals surface area contributed by atoms with Crippen LogP contribution in [-0.4, -0.2) is 0 Å². The fourth-order valence-electron chi connectivity index (χ4n) is 1.49. The van der Waals surface area contributed by atoms with Gasteiger partial charge >= 0.3 is 0 Å². The fourth-order valence-corrected chi connectivity index (χ4v) is 1.89. The van der Waals surface area contributed by atoms with Crippen molar-refractivity contribution in [3.05, 3.63) is 57.6 Å². The molecule has 2 heteroatoms. The molecule has 0 N–H and O–H groups in total. The molecule has 2 aliphatic carbocycles. The first kappa shape index (κ1) is 13.2. The molecule has 0 heterocycles. The summed E-state index contributed by atoms with van der Waals surface area (Å²) >= 11 is 6.76. The molecule has 0 saturated heterocycles. The van der Waals surface area contributed by atoms with Crippen LogP contribution in [-0.2, 0) is 0 Å². The Morgan fingerprint density at radius 1 is 0.722 bits per heavy atom. The lowest BCUT2D eigenvalue weighted by Crippen LogP contribution is -1.85. The van der Waals surface area contributed by atoms with Gasteiger partial charge < -0.3 is 0 Å². The molecule has 0 amide bonds. The number of hydrogen-bond acceptors (Lipinski definition) is 0. The Hall–Kier alpha value is -1.22. The normalized spacial score (nSPS) is 16.3. The Kier molecular flexibility index (Phi) is 4.88. The summed E-state index contributed by atoms with van der Waals surface area (Å²) in [5.41, 5.74) is 0.775. The summed E-state index contributed by atoms with van der Waals surface area (Å²) in [6.07, 6.45) is 16.3. The molecule has 0 aromatic heterocycles. The molecule has 2 aliphatic rings. The molecule has 2 rings (SSSR count). The first-order valence-electron chi connectivity index (χ1n) is 5.54. The topological polar surface area (TPSA) is 0 Å². The summed E-state index contributed by atoms with van der Waals surface area (Å²) in [7, 11) is 0. The van der Waals surface area contributed by atoms with E-state index in [2.05, 4.69) is 79.8 Å². The first-order chi connectivity index (χ1) is 8.75. The van der Waals surface area contributed by atoms with Crippen molar-refractivity contribution in [1.29, 1.82) is 0 Å². The van der Waals surface area contributed by atoms with Crippen molar-refractivity contribution in [3.8, 4) is 23.7 Å². The van der Waals surface area contributed by atoms with Gasteiger partial charge in [-0.15, -0.1) is 0 Å². The number of halogens is 2. The monoisotopic (exact) mass is 360 g/mol. The molecule has 0 fully saturated rings. The van der Waals surface area contributed by atoms with Crippen molar-refractivity contribution >= 4 is 31.9 Å². The van der Waals surface area contributed by atoms with Gasteiger partial charge in [-0.2, -0.15) is 0 Å². The molecule has 0 unspecified atom stereocenters. The molecule has 0 nitrogen and oxygen atoms in total. The van der Waals surface area contributed by atoms with Crippen LogP contribution in [0.2, 0.25) is 0 Å². The van der Waals surface area contributed by atoms with Gasteiger partial charge in [0.2, 0.25) is 0 Å². The molecule has 18 heavy (non-hydrogen) atoms. The molecular weight excluding hydrogens is 352 g/mol. The zero-order chi connectivity index (χ0) is 12.8. The maximum absolute atomic E-state index is 3.38. The lowest BCUT2D eigenvalue weighted by molar-refractivity contribution is 1.14. The van der Waals surface area contributed by atoms with E-state index in [0.717, 1.165) is 8.96 Å². The van der Waals surface area contributed by atoms with Crippen LogP contribution in [0.5, 0.6) is 0 Å². The van der Waals surface area contributed by atoms with Crippen molar-refractivity contribution in [1.82, 2.24) is 0 Å². The molecule has 0 radical (unpaired) electrons. The summed E-state index contributed by atoms with van der Waals surface area (Å²) in [4.78, 5) is 0. The maximum Gasteiger partial charge on any atom is 0.0956 e. The Morgan fingerprint density at radius 3 is 1.44 bits per heavy atom. The lowest BCUT2D eigenvalue weighted by atomic mass is 10.1. The van der Waals surface area contributed by atoms with E-state index in [1.807, 2.05) is 24.3 Å². The van der Waals surface area contributed by atoms with E-state index in [9.17, 15) is 0 Å². The average Bonchev–Trinajstić information content (AvgIpc) is 3.00. The Labute approximate surface area is 124 Å². The van der Waals surface area contributed by atoms with Crippen LogP contribution in [0.1, 0.15) is 0 Å². The minimum atomic E-state index is 0.201. The smallest absolute Gasteiger partial charge is 0.0853 e. The zero-order valence-corrected chi connectivity index (χ0v) is 12.7. The third-order valence-electron chi connectivity index (χ3n) is 2.41. The summed E-state index contributed by atoms with van der Waals surface area (Å²) in [5, 5.41) is 0. The number of allylic oxidation sites excluding steroid dienone is 9. The SMILES string of the molecule is BrC(Br)=C(C#CC1C=CC=C1)C#CC1C=CC=C1. The van der Waals surface area contributed by atoms with Crippen LogP contribution in [0.25, 0.3) is 0 Å². The van der Waals surface area contributed by atoms with Crippen LogP contribution >= 0.6 is 31.9 Å². The van der Waals surface area contributed by atoms with Gasteiger partial charge in [0.25, 0.3) is 0 Å². The van der Waals surface area contributed by atoms with Gasteiger partial charge in [0.05, 0.1) is 20.8 Å². The number of hydrogen-bond donors (Lipinski definition) is 0. The molecule has 0 saturated carbocycles. The second-order valence-corrected chi connectivity index (χ2v) is 6.42. The van der Waals surface area contributed by atoms with E-state index in [0.29, 0.717) is 0 Å². The summed E-state index contributed by atoms with van der Waals surface area (Å²) in [5.74, 6) is 12.9. The van der Waals surface area contributed by atoms with Gasteiger partial charge in [0.1, 0.15) is 0 Å². The van der Waals surface area contributed by atoms with Crippen molar-refractivity contribution < 1.29 is 0 Å². The zero-order valence-electron chi connectivity index (χ0n) is 9.53. The highest BCUT2D eigenvalue weighted by Crippen LogP contribution is 2.19. The highest BCUT2D eigenvalue weighted by molar-refractivity contribution is 9.28. The molecule has 0 spiro atoms. The summed E-state index contributed by atoms with van der Waals surface area (Å²) in [6.45, 7) is 0. The quantitative estimate of drug-likeness (QED) is 0.558. The van der Waals surface area contributed by atoms with Gasteiger partial charge in [0.15, 0.2) is 0 Å². The largest absolute Gasteiger partial charge is 0.0956 e. The van der Waals surface area contributed by atoms with Gasteiger partial charge in [0, 0.05) is 0 Å². The van der Waals surface area contributed by atoms with E-state index in [-0.39, 0.29) is 11.8 Å². The van der Waals surface area contributed by atoms with Crippen molar-refractivity contribution in [2.75, 3.05) is 0 Å². The van der Waals surface area contributed by atoms with Crippen molar-refractivity contribution in [2.45, 2.75) is 0 Å². The Balaban J connectivity index is 2.12. The third kappa shape index (κ3) is 3.91. The van der Waals surface area contributed by atoms with E-state index in [1.54, 1.807) is 0 Å². The third-order valence-corrected chi connectivity index (χ3v) is 3.21. The minimum Gasteiger partial charge on any atom is -0.0853 e. The first-order valence-corrected chi connectivity index (χ1v) is 7.12. The van der Waals surface area contributed by atoms with Crippen LogP contribution in [0.15, 0.2) is 57.6 Å². The standard InChI is InChI=1S/C16H10Br2/c17-16(18)15(11-9-13-5-1-2-6-13)12-10-14-7-3-4-8-14/h1-8,13-14H. The molecule has 0 bridgehead atoms. The molecule has 0 aromatic rings. The molecular formula is C16H10Br2. The van der Waals surface area contributed by atoms with E-state index in [1.165, 1.54) is 0 Å². The van der Waals surface area contributed by atoms with E-state index < -0.39 is 0 Å².